The van der Waals surface area contributed by atoms with Crippen LogP contribution in [0.15, 0.2) is 122 Å². The second-order valence-electron chi connectivity index (χ2n) is 27.7. The number of nitrogens with zero attached hydrogens (tertiary/aromatic N) is 2. The first-order valence-electron chi connectivity index (χ1n) is 35.8. The number of aliphatic carboxylic acids is 2. The zero-order chi connectivity index (χ0) is 78.4. The van der Waals surface area contributed by atoms with Crippen molar-refractivity contribution in [3.63, 3.8) is 0 Å². The molecule has 20 N–H and O–H groups in total. The Morgan fingerprint density at radius 3 is 1.39 bits per heavy atom. The molecular formula is C75H102N16O16. The fraction of sp³-hybridized carbons (Fsp3) is 0.467. The van der Waals surface area contributed by atoms with Crippen molar-refractivity contribution >= 4 is 77.0 Å². The molecule has 6 rings (SSSR count). The SMILES string of the molecule is CC[C@H](C)[C@H](NC(=O)[C@H](Cc1cnc[nH]1)NC(=O)[C@@H](N)CC(C)C)C(=O)N1CCC[C@H]1C(=O)N[C@@H](CCCNC(=N)N)C(=O)N[C@@H](Cc1ccccc1)C(=O)N[C@@H](Cc1ccc(O)cc1)C(=O)N[C@@H](CC(C)C)C(=O)N[C@@H](Cc1ccccc1)C(=O)N[C@@H](Cc1ccc(O)cc1)C(=O)N[C@@H](CC(=O)O)C(=O)O. The largest absolute Gasteiger partial charge is 0.508 e. The van der Waals surface area contributed by atoms with Gasteiger partial charge in [0, 0.05) is 57.1 Å². The molecule has 10 amide bonds. The van der Waals surface area contributed by atoms with Crippen molar-refractivity contribution in [2.24, 2.45) is 29.2 Å². The van der Waals surface area contributed by atoms with Crippen LogP contribution >= 0.6 is 0 Å². The highest BCUT2D eigenvalue weighted by atomic mass is 16.4. The first kappa shape index (κ1) is 84.5. The standard InChI is InChI=1S/C75H102N16O16/c1-7-44(6)63(90-71(103)59(38-49-40-79-41-81-49)83-64(96)52(76)32-42(2)3)73(105)91-31-15-21-61(91)72(104)82-53(20-14-30-80-75(77)78)65(97)85-55(34-45-16-10-8-11-17-45)68(100)87-57(36-47-22-26-50(92)27-23-47)67(99)84-54(33-43(4)5)66(98)86-56(35-46-18-12-9-13-19-46)69(101)88-58(37-48-24-28-51(93)29-25-48)70(102)89-60(74(106)107)39-62(94)95/h8-13,16-19,22-29,40-44,52-61,63,92-93H,7,14-15,20-21,30-39,76H2,1-6H3,(H,79,81)(H,82,104)(H,83,96)(H,84,99)(H,85,97)(H,86,98)(H,87,100)(H,88,101)(H,89,102)(H,90,103)(H,94,95)(H,106,107)(H4,77,78,80)/t44-,52-,53-,54-,55-,56-,57-,58-,59-,60-,61-,63-/m0/s1. The molecule has 0 spiro atoms. The van der Waals surface area contributed by atoms with Gasteiger partial charge in [-0.1, -0.05) is 133 Å². The molecule has 1 aliphatic heterocycles. The summed E-state index contributed by atoms with van der Waals surface area (Å²) >= 11 is 0. The number of phenolic OH excluding ortho intramolecular Hbond substituents is 2. The number of nitrogens with one attached hydrogen (secondary N) is 12. The molecule has 0 aliphatic carbocycles. The second-order valence-corrected chi connectivity index (χ2v) is 27.7. The number of likely N-dealkylation sites (tertiary alicyclic amines) is 1. The van der Waals surface area contributed by atoms with Crippen LogP contribution in [0.4, 0.5) is 0 Å². The number of carbonyl (C=O) groups is 12. The number of aromatic hydroxyl groups is 2. The molecular weight excluding hydrogens is 1380 g/mol. The van der Waals surface area contributed by atoms with E-state index >= 15 is 14.4 Å². The van der Waals surface area contributed by atoms with Crippen LogP contribution < -0.4 is 64.6 Å². The summed E-state index contributed by atoms with van der Waals surface area (Å²) in [7, 11) is 0. The molecule has 12 atom stereocenters. The maximum Gasteiger partial charge on any atom is 0.326 e. The third-order valence-electron chi connectivity index (χ3n) is 18.1. The van der Waals surface area contributed by atoms with Crippen molar-refractivity contribution in [2.45, 2.75) is 191 Å². The van der Waals surface area contributed by atoms with E-state index in [-0.39, 0.29) is 100 Å². The molecule has 2 heterocycles. The monoisotopic (exact) mass is 1480 g/mol. The Labute approximate surface area is 620 Å². The zero-order valence-electron chi connectivity index (χ0n) is 61.0. The van der Waals surface area contributed by atoms with Crippen LogP contribution in [0.25, 0.3) is 0 Å². The maximum atomic E-state index is 15.2. The molecule has 32 nitrogen and oxygen atoms in total. The second kappa shape index (κ2) is 41.9. The van der Waals surface area contributed by atoms with Crippen LogP contribution in [0, 0.1) is 23.2 Å². The number of benzene rings is 4. The molecule has 0 saturated carbocycles. The molecule has 0 radical (unpaired) electrons. The summed E-state index contributed by atoms with van der Waals surface area (Å²) < 4.78 is 0. The normalized spacial score (nSPS) is 15.7. The lowest BCUT2D eigenvalue weighted by atomic mass is 9.96. The van der Waals surface area contributed by atoms with Crippen molar-refractivity contribution in [2.75, 3.05) is 13.1 Å². The predicted octanol–water partition coefficient (Wildman–Crippen LogP) is 0.977. The lowest BCUT2D eigenvalue weighted by molar-refractivity contribution is -0.147. The highest BCUT2D eigenvalue weighted by Gasteiger charge is 2.42. The number of hydrogen-bond acceptors (Lipinski definition) is 17. The van der Waals surface area contributed by atoms with Gasteiger partial charge in [0.1, 0.15) is 71.9 Å². The number of carbonyl (C=O) groups excluding carboxylic acids is 10. The van der Waals surface area contributed by atoms with Gasteiger partial charge in [-0.05, 0) is 103 Å². The predicted molar refractivity (Wildman–Crippen MR) is 394 cm³/mol. The average molecular weight is 1480 g/mol. The van der Waals surface area contributed by atoms with Crippen molar-refractivity contribution in [1.82, 2.24) is 68.0 Å². The van der Waals surface area contributed by atoms with Gasteiger partial charge in [0.05, 0.1) is 18.8 Å². The van der Waals surface area contributed by atoms with Gasteiger partial charge in [-0.3, -0.25) is 58.1 Å². The van der Waals surface area contributed by atoms with Crippen LogP contribution in [0.2, 0.25) is 0 Å². The number of guanidine groups is 1. The van der Waals surface area contributed by atoms with Gasteiger partial charge in [0.15, 0.2) is 5.96 Å². The fourth-order valence-electron chi connectivity index (χ4n) is 12.2. The van der Waals surface area contributed by atoms with Gasteiger partial charge >= 0.3 is 11.9 Å². The van der Waals surface area contributed by atoms with Gasteiger partial charge in [0.25, 0.3) is 0 Å². The molecule has 0 bridgehead atoms. The Morgan fingerprint density at radius 2 is 0.963 bits per heavy atom. The minimum Gasteiger partial charge on any atom is -0.508 e. The number of rotatable bonds is 42. The number of imidazole rings is 1. The van der Waals surface area contributed by atoms with Crippen LogP contribution in [0.3, 0.4) is 0 Å². The Balaban J connectivity index is 1.28. The summed E-state index contributed by atoms with van der Waals surface area (Å²) in [6.45, 7) is 11.1. The Hall–Kier alpha value is -11.4. The fourth-order valence-corrected chi connectivity index (χ4v) is 12.2. The summed E-state index contributed by atoms with van der Waals surface area (Å²) in [4.78, 5) is 178. The first-order valence-corrected chi connectivity index (χ1v) is 35.8. The quantitative estimate of drug-likeness (QED) is 0.0147. The molecule has 1 aromatic heterocycles. The van der Waals surface area contributed by atoms with E-state index in [9.17, 15) is 63.6 Å². The number of aromatic nitrogens is 2. The Bertz CT molecular complexity index is 3810. The summed E-state index contributed by atoms with van der Waals surface area (Å²) in [5.74, 6) is -12.8. The van der Waals surface area contributed by atoms with Crippen LogP contribution in [-0.2, 0) is 89.6 Å². The first-order chi connectivity index (χ1) is 50.9. The van der Waals surface area contributed by atoms with Crippen LogP contribution in [0.5, 0.6) is 11.5 Å². The third-order valence-corrected chi connectivity index (χ3v) is 18.1. The lowest BCUT2D eigenvalue weighted by Gasteiger charge is -2.33. The van der Waals surface area contributed by atoms with E-state index in [2.05, 4.69) is 63.1 Å². The molecule has 578 valence electrons. The highest BCUT2D eigenvalue weighted by Crippen LogP contribution is 2.24. The summed E-state index contributed by atoms with van der Waals surface area (Å²) in [6, 6.07) is 12.7. The minimum atomic E-state index is -1.92. The average Bonchev–Trinajstić information content (AvgIpc) is 1.77. The number of amides is 10. The van der Waals surface area contributed by atoms with Crippen LogP contribution in [-0.4, -0.2) is 192 Å². The van der Waals surface area contributed by atoms with Crippen molar-refractivity contribution in [1.29, 1.82) is 5.41 Å². The Morgan fingerprint density at radius 1 is 0.542 bits per heavy atom. The molecule has 1 saturated heterocycles. The summed E-state index contributed by atoms with van der Waals surface area (Å²) in [5, 5.41) is 74.3. The molecule has 32 heteroatoms. The molecule has 1 fully saturated rings. The minimum absolute atomic E-state index is 0.0260. The lowest BCUT2D eigenvalue weighted by Crippen LogP contribution is -2.61. The number of phenols is 2. The van der Waals surface area contributed by atoms with E-state index in [1.54, 1.807) is 81.4 Å². The number of carboxylic acid groups (broad SMARTS) is 2. The number of H-pyrrole nitrogens is 1. The zero-order valence-corrected chi connectivity index (χ0v) is 61.0. The third kappa shape index (κ3) is 27.8. The van der Waals surface area contributed by atoms with Crippen molar-refractivity contribution in [3.05, 3.63) is 150 Å². The van der Waals surface area contributed by atoms with Gasteiger partial charge in [0.2, 0.25) is 59.1 Å². The topological polar surface area (TPSA) is 514 Å². The number of carboxylic acids is 2. The number of hydrogen-bond donors (Lipinski definition) is 18. The van der Waals surface area contributed by atoms with Crippen molar-refractivity contribution in [3.8, 4) is 11.5 Å². The molecule has 4 aromatic carbocycles. The van der Waals surface area contributed by atoms with E-state index in [0.29, 0.717) is 47.2 Å². The summed E-state index contributed by atoms with van der Waals surface area (Å²) in [5.41, 5.74) is 14.2. The van der Waals surface area contributed by atoms with Gasteiger partial charge in [-0.25, -0.2) is 9.78 Å². The van der Waals surface area contributed by atoms with E-state index in [0.717, 1.165) is 0 Å². The summed E-state index contributed by atoms with van der Waals surface area (Å²) in [6.07, 6.45) is 2.12. The van der Waals surface area contributed by atoms with Crippen LogP contribution in [0.1, 0.15) is 121 Å². The van der Waals surface area contributed by atoms with E-state index in [4.69, 9.17) is 16.9 Å². The van der Waals surface area contributed by atoms with Gasteiger partial charge in [-0.2, -0.15) is 0 Å². The van der Waals surface area contributed by atoms with Gasteiger partial charge in [-0.15, -0.1) is 0 Å². The van der Waals surface area contributed by atoms with E-state index in [1.165, 1.54) is 66.0 Å². The van der Waals surface area contributed by atoms with Crippen molar-refractivity contribution < 1.29 is 78.0 Å². The van der Waals surface area contributed by atoms with Gasteiger partial charge < -0.3 is 94.9 Å². The molecule has 5 aromatic rings. The molecule has 0 unspecified atom stereocenters. The van der Waals surface area contributed by atoms with E-state index < -0.39 is 150 Å². The molecule has 1 aliphatic rings. The molecule has 107 heavy (non-hydrogen) atoms. The highest BCUT2D eigenvalue weighted by molar-refractivity contribution is 6.00. The smallest absolute Gasteiger partial charge is 0.326 e. The number of aromatic amines is 1. The van der Waals surface area contributed by atoms with E-state index in [1.807, 2.05) is 20.8 Å². The maximum absolute atomic E-state index is 15.2. The Kier molecular flexibility index (Phi) is 33.1. The number of nitrogens with two attached hydrogens (primary N) is 2.